The van der Waals surface area contributed by atoms with Crippen molar-refractivity contribution in [3.63, 3.8) is 0 Å². The standard InChI is InChI=1S/C9H16ClN3/c1-8-9(10)7-13(12-8)6-4-3-5-11-2/h7,11H,3-6H2,1-2H3. The Balaban J connectivity index is 2.29. The minimum Gasteiger partial charge on any atom is -0.320 e. The first-order valence-electron chi connectivity index (χ1n) is 4.58. The molecule has 0 unspecified atom stereocenters. The summed E-state index contributed by atoms with van der Waals surface area (Å²) < 4.78 is 1.91. The van der Waals surface area contributed by atoms with Crippen LogP contribution in [0.1, 0.15) is 18.5 Å². The monoisotopic (exact) mass is 201 g/mol. The average Bonchev–Trinajstić information content (AvgIpc) is 2.41. The van der Waals surface area contributed by atoms with Gasteiger partial charge in [0.05, 0.1) is 10.7 Å². The van der Waals surface area contributed by atoms with Gasteiger partial charge in [0.15, 0.2) is 0 Å². The first-order valence-corrected chi connectivity index (χ1v) is 4.96. The maximum absolute atomic E-state index is 5.87. The molecule has 0 saturated carbocycles. The van der Waals surface area contributed by atoms with Gasteiger partial charge in [-0.1, -0.05) is 11.6 Å². The smallest absolute Gasteiger partial charge is 0.0814 e. The lowest BCUT2D eigenvalue weighted by atomic mass is 10.3. The van der Waals surface area contributed by atoms with E-state index in [4.69, 9.17) is 11.6 Å². The number of nitrogens with zero attached hydrogens (tertiary/aromatic N) is 2. The van der Waals surface area contributed by atoms with E-state index in [1.807, 2.05) is 24.9 Å². The first kappa shape index (κ1) is 10.5. The van der Waals surface area contributed by atoms with Crippen molar-refractivity contribution in [3.8, 4) is 0 Å². The predicted molar refractivity (Wildman–Crippen MR) is 55.1 cm³/mol. The van der Waals surface area contributed by atoms with E-state index in [-0.39, 0.29) is 0 Å². The number of halogens is 1. The van der Waals surface area contributed by atoms with Gasteiger partial charge in [-0.3, -0.25) is 4.68 Å². The van der Waals surface area contributed by atoms with Crippen molar-refractivity contribution in [2.75, 3.05) is 13.6 Å². The fourth-order valence-corrected chi connectivity index (χ4v) is 1.33. The Morgan fingerprint density at radius 1 is 1.54 bits per heavy atom. The third-order valence-electron chi connectivity index (χ3n) is 1.95. The molecule has 13 heavy (non-hydrogen) atoms. The molecule has 4 heteroatoms. The van der Waals surface area contributed by atoms with Crippen molar-refractivity contribution >= 4 is 11.6 Å². The SMILES string of the molecule is CNCCCCn1cc(Cl)c(C)n1. The van der Waals surface area contributed by atoms with Gasteiger partial charge in [-0.05, 0) is 33.4 Å². The fraction of sp³-hybridized carbons (Fsp3) is 0.667. The van der Waals surface area contributed by atoms with Crippen LogP contribution in [-0.2, 0) is 6.54 Å². The third kappa shape index (κ3) is 3.36. The number of unbranched alkanes of at least 4 members (excludes halogenated alkanes) is 1. The molecule has 0 radical (unpaired) electrons. The zero-order valence-electron chi connectivity index (χ0n) is 8.18. The molecule has 0 aromatic carbocycles. The van der Waals surface area contributed by atoms with Crippen LogP contribution in [0.5, 0.6) is 0 Å². The Morgan fingerprint density at radius 2 is 2.31 bits per heavy atom. The molecule has 0 spiro atoms. The van der Waals surface area contributed by atoms with Crippen LogP contribution in [0.25, 0.3) is 0 Å². The fourth-order valence-electron chi connectivity index (χ4n) is 1.18. The molecule has 0 aliphatic rings. The second-order valence-corrected chi connectivity index (χ2v) is 3.54. The minimum absolute atomic E-state index is 0.758. The molecule has 74 valence electrons. The van der Waals surface area contributed by atoms with Crippen LogP contribution < -0.4 is 5.32 Å². The minimum atomic E-state index is 0.758. The number of nitrogens with one attached hydrogen (secondary N) is 1. The van der Waals surface area contributed by atoms with Crippen molar-refractivity contribution in [2.24, 2.45) is 0 Å². The molecule has 1 aromatic heterocycles. The summed E-state index contributed by atoms with van der Waals surface area (Å²) in [5, 5.41) is 8.14. The molecule has 0 amide bonds. The summed E-state index contributed by atoms with van der Waals surface area (Å²) in [6.45, 7) is 3.94. The molecule has 1 aromatic rings. The summed E-state index contributed by atoms with van der Waals surface area (Å²) in [6, 6.07) is 0. The van der Waals surface area contributed by atoms with Crippen molar-refractivity contribution in [1.29, 1.82) is 0 Å². The number of aryl methyl sites for hydroxylation is 2. The van der Waals surface area contributed by atoms with E-state index >= 15 is 0 Å². The van der Waals surface area contributed by atoms with Crippen LogP contribution in [0.15, 0.2) is 6.20 Å². The van der Waals surface area contributed by atoms with Crippen molar-refractivity contribution < 1.29 is 0 Å². The molecule has 0 fully saturated rings. The number of aromatic nitrogens is 2. The molecule has 0 atom stereocenters. The third-order valence-corrected chi connectivity index (χ3v) is 2.32. The van der Waals surface area contributed by atoms with Crippen LogP contribution in [0, 0.1) is 6.92 Å². The van der Waals surface area contributed by atoms with Gasteiger partial charge in [-0.15, -0.1) is 0 Å². The Morgan fingerprint density at radius 3 is 2.85 bits per heavy atom. The molecule has 1 N–H and O–H groups in total. The van der Waals surface area contributed by atoms with Crippen molar-refractivity contribution in [2.45, 2.75) is 26.3 Å². The second kappa shape index (κ2) is 5.25. The zero-order chi connectivity index (χ0) is 9.68. The molecule has 0 saturated heterocycles. The molecule has 3 nitrogen and oxygen atoms in total. The topological polar surface area (TPSA) is 29.9 Å². The summed E-state index contributed by atoms with van der Waals surface area (Å²) in [5.41, 5.74) is 0.912. The van der Waals surface area contributed by atoms with E-state index < -0.39 is 0 Å². The average molecular weight is 202 g/mol. The van der Waals surface area contributed by atoms with Crippen LogP contribution in [-0.4, -0.2) is 23.4 Å². The molecule has 0 aliphatic carbocycles. The Hall–Kier alpha value is -0.540. The molecular formula is C9H16ClN3. The maximum atomic E-state index is 5.87. The molecular weight excluding hydrogens is 186 g/mol. The quantitative estimate of drug-likeness (QED) is 0.737. The van der Waals surface area contributed by atoms with Gasteiger partial charge < -0.3 is 5.32 Å². The van der Waals surface area contributed by atoms with Crippen LogP contribution in [0.2, 0.25) is 5.02 Å². The Labute approximate surface area is 84.1 Å². The lowest BCUT2D eigenvalue weighted by molar-refractivity contribution is 0.545. The molecule has 0 aliphatic heterocycles. The largest absolute Gasteiger partial charge is 0.320 e. The van der Waals surface area contributed by atoms with E-state index in [1.54, 1.807) is 0 Å². The Bertz CT molecular complexity index is 238. The highest BCUT2D eigenvalue weighted by Gasteiger charge is 2.00. The van der Waals surface area contributed by atoms with Gasteiger partial charge in [-0.2, -0.15) is 5.10 Å². The van der Waals surface area contributed by atoms with Crippen molar-refractivity contribution in [3.05, 3.63) is 16.9 Å². The Kier molecular flexibility index (Phi) is 4.25. The number of hydrogen-bond donors (Lipinski definition) is 1. The second-order valence-electron chi connectivity index (χ2n) is 3.14. The van der Waals surface area contributed by atoms with Crippen LogP contribution in [0.4, 0.5) is 0 Å². The van der Waals surface area contributed by atoms with E-state index in [0.29, 0.717) is 0 Å². The van der Waals surface area contributed by atoms with E-state index in [0.717, 1.165) is 30.2 Å². The first-order chi connectivity index (χ1) is 6.24. The predicted octanol–water partition coefficient (Wildman–Crippen LogP) is 1.84. The summed E-state index contributed by atoms with van der Waals surface area (Å²) in [5.74, 6) is 0. The summed E-state index contributed by atoms with van der Waals surface area (Å²) >= 11 is 5.87. The highest BCUT2D eigenvalue weighted by atomic mass is 35.5. The van der Waals surface area contributed by atoms with Crippen LogP contribution in [0.3, 0.4) is 0 Å². The lowest BCUT2D eigenvalue weighted by Crippen LogP contribution is -2.09. The van der Waals surface area contributed by atoms with Gasteiger partial charge in [0, 0.05) is 12.7 Å². The highest BCUT2D eigenvalue weighted by Crippen LogP contribution is 2.12. The van der Waals surface area contributed by atoms with E-state index in [2.05, 4.69) is 10.4 Å². The van der Waals surface area contributed by atoms with Gasteiger partial charge in [0.25, 0.3) is 0 Å². The summed E-state index contributed by atoms with van der Waals surface area (Å²) in [6.07, 6.45) is 4.20. The van der Waals surface area contributed by atoms with Gasteiger partial charge >= 0.3 is 0 Å². The normalized spacial score (nSPS) is 10.7. The van der Waals surface area contributed by atoms with E-state index in [1.165, 1.54) is 6.42 Å². The number of rotatable bonds is 5. The maximum Gasteiger partial charge on any atom is 0.0814 e. The summed E-state index contributed by atoms with van der Waals surface area (Å²) in [4.78, 5) is 0. The zero-order valence-corrected chi connectivity index (χ0v) is 8.93. The highest BCUT2D eigenvalue weighted by molar-refractivity contribution is 6.31. The summed E-state index contributed by atoms with van der Waals surface area (Å²) in [7, 11) is 1.97. The number of hydrogen-bond acceptors (Lipinski definition) is 2. The lowest BCUT2D eigenvalue weighted by Gasteiger charge is -2.00. The van der Waals surface area contributed by atoms with Crippen LogP contribution >= 0.6 is 11.6 Å². The van der Waals surface area contributed by atoms with E-state index in [9.17, 15) is 0 Å². The van der Waals surface area contributed by atoms with Crippen molar-refractivity contribution in [1.82, 2.24) is 15.1 Å². The molecule has 1 rings (SSSR count). The van der Waals surface area contributed by atoms with Gasteiger partial charge in [0.2, 0.25) is 0 Å². The van der Waals surface area contributed by atoms with Gasteiger partial charge in [0.1, 0.15) is 0 Å². The molecule has 0 bridgehead atoms. The van der Waals surface area contributed by atoms with Gasteiger partial charge in [-0.25, -0.2) is 0 Å². The molecule has 1 heterocycles.